The van der Waals surface area contributed by atoms with Crippen molar-refractivity contribution in [3.63, 3.8) is 0 Å². The number of hydrogen-bond acceptors (Lipinski definition) is 6. The molecule has 2 heterocycles. The van der Waals surface area contributed by atoms with E-state index in [-0.39, 0.29) is 11.7 Å². The molecule has 0 aliphatic heterocycles. The number of benzene rings is 1. The normalized spacial score (nSPS) is 10.8. The maximum absolute atomic E-state index is 12.2. The Bertz CT molecular complexity index is 803. The lowest BCUT2D eigenvalue weighted by molar-refractivity contribution is -0.127. The third-order valence-corrected chi connectivity index (χ3v) is 5.41. The van der Waals surface area contributed by atoms with E-state index in [1.807, 2.05) is 41.8 Å². The number of nitrogens with zero attached hydrogens (tertiary/aromatic N) is 3. The first-order valence-corrected chi connectivity index (χ1v) is 9.76. The number of aromatic nitrogens is 2. The Kier molecular flexibility index (Phi) is 5.70. The first-order chi connectivity index (χ1) is 11.6. The average Bonchev–Trinajstić information content (AvgIpc) is 3.25. The number of carbonyl (C=O) groups is 1. The molecule has 1 amide bonds. The second-order valence-electron chi connectivity index (χ2n) is 5.00. The number of hydrogen-bond donors (Lipinski definition) is 0. The number of amides is 1. The van der Waals surface area contributed by atoms with Gasteiger partial charge in [0.1, 0.15) is 0 Å². The Labute approximate surface area is 156 Å². The first kappa shape index (κ1) is 17.2. The highest BCUT2D eigenvalue weighted by Gasteiger charge is 2.14. The largest absolute Gasteiger partial charge is 0.411 e. The molecule has 0 radical (unpaired) electrons. The van der Waals surface area contributed by atoms with Crippen molar-refractivity contribution in [3.05, 3.63) is 51.1 Å². The predicted octanol–water partition coefficient (Wildman–Crippen LogP) is 4.31. The summed E-state index contributed by atoms with van der Waals surface area (Å²) in [4.78, 5) is 15.0. The van der Waals surface area contributed by atoms with Crippen LogP contribution in [0.25, 0.3) is 11.5 Å². The highest BCUT2D eigenvalue weighted by atomic mass is 79.9. The van der Waals surface area contributed by atoms with Crippen LogP contribution in [0.15, 0.2) is 55.9 Å². The van der Waals surface area contributed by atoms with E-state index in [0.29, 0.717) is 17.7 Å². The summed E-state index contributed by atoms with van der Waals surface area (Å²) in [5.41, 5.74) is 0.846. The van der Waals surface area contributed by atoms with Gasteiger partial charge in [-0.1, -0.05) is 33.8 Å². The Hall–Kier alpha value is -1.64. The SMILES string of the molecule is CN(Cc1cccs1)C(=O)CSc1nnc(-c2ccc(Br)cc2)o1. The number of thioether (sulfide) groups is 1. The summed E-state index contributed by atoms with van der Waals surface area (Å²) < 4.78 is 6.59. The van der Waals surface area contributed by atoms with Crippen LogP contribution in [0.3, 0.4) is 0 Å². The van der Waals surface area contributed by atoms with Gasteiger partial charge in [0.2, 0.25) is 11.8 Å². The molecule has 0 atom stereocenters. The van der Waals surface area contributed by atoms with Crippen molar-refractivity contribution in [1.82, 2.24) is 15.1 Å². The zero-order chi connectivity index (χ0) is 16.9. The molecule has 1 aromatic carbocycles. The van der Waals surface area contributed by atoms with Crippen LogP contribution in [0.5, 0.6) is 0 Å². The molecule has 3 aromatic rings. The Morgan fingerprint density at radius 1 is 1.29 bits per heavy atom. The van der Waals surface area contributed by atoms with E-state index in [2.05, 4.69) is 26.1 Å². The van der Waals surface area contributed by atoms with Crippen molar-refractivity contribution >= 4 is 44.9 Å². The van der Waals surface area contributed by atoms with Crippen LogP contribution in [0.2, 0.25) is 0 Å². The Morgan fingerprint density at radius 3 is 2.79 bits per heavy atom. The van der Waals surface area contributed by atoms with Crippen molar-refractivity contribution in [3.8, 4) is 11.5 Å². The van der Waals surface area contributed by atoms with Gasteiger partial charge >= 0.3 is 0 Å². The van der Waals surface area contributed by atoms with Gasteiger partial charge in [0.25, 0.3) is 5.22 Å². The third-order valence-electron chi connectivity index (χ3n) is 3.22. The van der Waals surface area contributed by atoms with Crippen LogP contribution in [0.4, 0.5) is 0 Å². The van der Waals surface area contributed by atoms with E-state index in [0.717, 1.165) is 14.9 Å². The summed E-state index contributed by atoms with van der Waals surface area (Å²) in [6, 6.07) is 11.6. The van der Waals surface area contributed by atoms with Gasteiger partial charge in [-0.3, -0.25) is 4.79 Å². The molecule has 24 heavy (non-hydrogen) atoms. The van der Waals surface area contributed by atoms with Gasteiger partial charge in [-0.15, -0.1) is 21.5 Å². The van der Waals surface area contributed by atoms with E-state index < -0.39 is 0 Å². The van der Waals surface area contributed by atoms with Crippen molar-refractivity contribution in [2.24, 2.45) is 0 Å². The second-order valence-corrected chi connectivity index (χ2v) is 7.87. The van der Waals surface area contributed by atoms with Crippen molar-refractivity contribution in [1.29, 1.82) is 0 Å². The molecule has 8 heteroatoms. The van der Waals surface area contributed by atoms with Gasteiger partial charge < -0.3 is 9.32 Å². The third kappa shape index (κ3) is 4.46. The van der Waals surface area contributed by atoms with E-state index in [1.54, 1.807) is 23.3 Å². The van der Waals surface area contributed by atoms with E-state index in [4.69, 9.17) is 4.42 Å². The fraction of sp³-hybridized carbons (Fsp3) is 0.188. The van der Waals surface area contributed by atoms with E-state index >= 15 is 0 Å². The smallest absolute Gasteiger partial charge is 0.277 e. The molecule has 124 valence electrons. The molecule has 0 fully saturated rings. The summed E-state index contributed by atoms with van der Waals surface area (Å²) >= 11 is 6.28. The van der Waals surface area contributed by atoms with Crippen LogP contribution >= 0.6 is 39.0 Å². The zero-order valence-corrected chi connectivity index (χ0v) is 16.0. The summed E-state index contributed by atoms with van der Waals surface area (Å²) in [6.45, 7) is 0.616. The standard InChI is InChI=1S/C16H14BrN3O2S2/c1-20(9-13-3-2-8-23-13)14(21)10-24-16-19-18-15(22-16)11-4-6-12(17)7-5-11/h2-8H,9-10H2,1H3. The zero-order valence-electron chi connectivity index (χ0n) is 12.8. The summed E-state index contributed by atoms with van der Waals surface area (Å²) in [6.07, 6.45) is 0. The predicted molar refractivity (Wildman–Crippen MR) is 99.0 cm³/mol. The minimum absolute atomic E-state index is 0.0248. The fourth-order valence-corrected chi connectivity index (χ4v) is 3.66. The lowest BCUT2D eigenvalue weighted by atomic mass is 10.2. The van der Waals surface area contributed by atoms with E-state index in [1.165, 1.54) is 11.8 Å². The Balaban J connectivity index is 1.55. The molecule has 5 nitrogen and oxygen atoms in total. The minimum atomic E-state index is 0.0248. The molecular weight excluding hydrogens is 410 g/mol. The monoisotopic (exact) mass is 423 g/mol. The Morgan fingerprint density at radius 2 is 2.08 bits per heavy atom. The van der Waals surface area contributed by atoms with Gasteiger partial charge in [-0.25, -0.2) is 0 Å². The second kappa shape index (κ2) is 7.96. The molecule has 0 saturated carbocycles. The maximum atomic E-state index is 12.2. The molecule has 3 rings (SSSR count). The molecule has 0 aliphatic carbocycles. The summed E-state index contributed by atoms with van der Waals surface area (Å²) in [5.74, 6) is 0.741. The number of halogens is 1. The quantitative estimate of drug-likeness (QED) is 0.552. The van der Waals surface area contributed by atoms with Gasteiger partial charge in [0.15, 0.2) is 0 Å². The number of carbonyl (C=O) groups excluding carboxylic acids is 1. The van der Waals surface area contributed by atoms with Gasteiger partial charge in [-0.2, -0.15) is 0 Å². The van der Waals surface area contributed by atoms with Gasteiger partial charge in [0.05, 0.1) is 12.3 Å². The van der Waals surface area contributed by atoms with Crippen molar-refractivity contribution in [2.45, 2.75) is 11.8 Å². The minimum Gasteiger partial charge on any atom is -0.411 e. The number of thiophene rings is 1. The van der Waals surface area contributed by atoms with E-state index in [9.17, 15) is 4.79 Å². The molecule has 0 bridgehead atoms. The summed E-state index contributed by atoms with van der Waals surface area (Å²) in [5, 5.41) is 10.4. The lowest BCUT2D eigenvalue weighted by Gasteiger charge is -2.15. The van der Waals surface area contributed by atoms with Gasteiger partial charge in [-0.05, 0) is 35.7 Å². The topological polar surface area (TPSA) is 59.2 Å². The fourth-order valence-electron chi connectivity index (χ4n) is 1.94. The van der Waals surface area contributed by atoms with Crippen LogP contribution in [0, 0.1) is 0 Å². The molecule has 0 unspecified atom stereocenters. The molecule has 2 aromatic heterocycles. The van der Waals surface area contributed by atoms with Crippen LogP contribution in [-0.4, -0.2) is 33.8 Å². The highest BCUT2D eigenvalue weighted by molar-refractivity contribution is 9.10. The molecule has 0 saturated heterocycles. The summed E-state index contributed by atoms with van der Waals surface area (Å²) in [7, 11) is 1.80. The molecule has 0 spiro atoms. The number of rotatable bonds is 6. The average molecular weight is 424 g/mol. The first-order valence-electron chi connectivity index (χ1n) is 7.10. The molecule has 0 N–H and O–H groups in total. The maximum Gasteiger partial charge on any atom is 0.277 e. The van der Waals surface area contributed by atoms with Crippen LogP contribution in [-0.2, 0) is 11.3 Å². The molecular formula is C16H14BrN3O2S2. The van der Waals surface area contributed by atoms with Crippen molar-refractivity contribution in [2.75, 3.05) is 12.8 Å². The van der Waals surface area contributed by atoms with Crippen LogP contribution in [0.1, 0.15) is 4.88 Å². The van der Waals surface area contributed by atoms with Crippen molar-refractivity contribution < 1.29 is 9.21 Å². The van der Waals surface area contributed by atoms with Gasteiger partial charge in [0, 0.05) is 22.0 Å². The highest BCUT2D eigenvalue weighted by Crippen LogP contribution is 2.24. The molecule has 0 aliphatic rings. The lowest BCUT2D eigenvalue weighted by Crippen LogP contribution is -2.27. The van der Waals surface area contributed by atoms with Crippen LogP contribution < -0.4 is 0 Å².